The maximum Gasteiger partial charge on any atom is 0.325 e. The Hall–Kier alpha value is -2.94. The van der Waals surface area contributed by atoms with Crippen LogP contribution >= 0.6 is 0 Å². The Morgan fingerprint density at radius 1 is 1.20 bits per heavy atom. The van der Waals surface area contributed by atoms with E-state index in [1.165, 1.54) is 10.2 Å². The minimum Gasteiger partial charge on any atom is -0.480 e. The maximum atomic E-state index is 12.7. The Bertz CT molecular complexity index is 918. The van der Waals surface area contributed by atoms with Gasteiger partial charge in [0.05, 0.1) is 18.3 Å². The first kappa shape index (κ1) is 20.3. The number of carbonyl (C=O) groups is 2. The van der Waals surface area contributed by atoms with Crippen molar-refractivity contribution in [3.63, 3.8) is 0 Å². The molecule has 1 saturated carbocycles. The van der Waals surface area contributed by atoms with E-state index < -0.39 is 5.97 Å². The van der Waals surface area contributed by atoms with Crippen LogP contribution in [0.25, 0.3) is 0 Å². The molecule has 2 amide bonds. The van der Waals surface area contributed by atoms with Crippen molar-refractivity contribution < 1.29 is 14.7 Å². The lowest BCUT2D eigenvalue weighted by Gasteiger charge is -2.48. The van der Waals surface area contributed by atoms with Gasteiger partial charge in [-0.1, -0.05) is 35.5 Å². The Balaban J connectivity index is 1.44. The number of benzene rings is 1. The normalized spacial score (nSPS) is 26.4. The van der Waals surface area contributed by atoms with E-state index in [0.29, 0.717) is 18.8 Å². The third-order valence-electron chi connectivity index (χ3n) is 6.59. The first-order chi connectivity index (χ1) is 14.3. The van der Waals surface area contributed by atoms with Gasteiger partial charge in [-0.05, 0) is 45.3 Å². The first-order valence-electron chi connectivity index (χ1n) is 10.2. The number of hydrogen-bond donors (Lipinski definition) is 2. The zero-order valence-corrected chi connectivity index (χ0v) is 17.4. The van der Waals surface area contributed by atoms with Gasteiger partial charge in [0.25, 0.3) is 0 Å². The van der Waals surface area contributed by atoms with Crippen LogP contribution in [0.5, 0.6) is 0 Å². The van der Waals surface area contributed by atoms with Gasteiger partial charge in [0.15, 0.2) is 0 Å². The Labute approximate surface area is 175 Å². The molecule has 0 radical (unpaired) electrons. The number of amides is 2. The van der Waals surface area contributed by atoms with Crippen LogP contribution in [0.15, 0.2) is 36.5 Å². The van der Waals surface area contributed by atoms with Gasteiger partial charge in [-0.3, -0.25) is 9.69 Å². The predicted octanol–water partition coefficient (Wildman–Crippen LogP) is 1.66. The van der Waals surface area contributed by atoms with Crippen LogP contribution < -0.4 is 5.32 Å². The van der Waals surface area contributed by atoms with Gasteiger partial charge in [-0.25, -0.2) is 9.48 Å². The van der Waals surface area contributed by atoms with Crippen molar-refractivity contribution in [1.29, 1.82) is 0 Å². The Kier molecular flexibility index (Phi) is 5.23. The monoisotopic (exact) mass is 412 g/mol. The fourth-order valence-electron chi connectivity index (χ4n) is 4.90. The van der Waals surface area contributed by atoms with Crippen molar-refractivity contribution in [2.24, 2.45) is 0 Å². The number of nitrogens with zero attached hydrogens (tertiary/aromatic N) is 5. The van der Waals surface area contributed by atoms with Gasteiger partial charge < -0.3 is 15.3 Å². The summed E-state index contributed by atoms with van der Waals surface area (Å²) in [5, 5.41) is 19.9. The minimum absolute atomic E-state index is 0.0236. The van der Waals surface area contributed by atoms with Gasteiger partial charge >= 0.3 is 12.0 Å². The molecule has 1 saturated heterocycles. The van der Waals surface area contributed by atoms with Crippen LogP contribution in [0.1, 0.15) is 36.9 Å². The van der Waals surface area contributed by atoms with Crippen molar-refractivity contribution in [2.45, 2.75) is 49.9 Å². The summed E-state index contributed by atoms with van der Waals surface area (Å²) in [6, 6.07) is 10.5. The molecule has 30 heavy (non-hydrogen) atoms. The van der Waals surface area contributed by atoms with Crippen LogP contribution in [0.3, 0.4) is 0 Å². The topological polar surface area (TPSA) is 104 Å². The highest BCUT2D eigenvalue weighted by molar-refractivity contribution is 5.78. The number of rotatable bonds is 6. The highest BCUT2D eigenvalue weighted by atomic mass is 16.4. The standard InChI is InChI=1S/C21H28N6O3/c1-25(2)21(16-6-4-3-5-7-16)10-8-20(9-11-21)15-26(19(30)22-20)12-17-13-27(24-23-17)14-18(28)29/h3-7,13H,8-12,14-15H2,1-2H3,(H,22,30)(H,28,29)/t20-,21-. The van der Waals surface area contributed by atoms with Crippen LogP contribution in [0.2, 0.25) is 0 Å². The van der Waals surface area contributed by atoms with Crippen molar-refractivity contribution in [1.82, 2.24) is 30.1 Å². The lowest BCUT2D eigenvalue weighted by Crippen LogP contribution is -2.54. The van der Waals surface area contributed by atoms with Crippen LogP contribution in [-0.2, 0) is 23.4 Å². The van der Waals surface area contributed by atoms with E-state index in [9.17, 15) is 9.59 Å². The SMILES string of the molecule is CN(C)[C@]1(c2ccccc2)CC[C@@]2(CC1)CN(Cc1cn(CC(=O)O)nn1)C(=O)N2. The van der Waals surface area contributed by atoms with Crippen LogP contribution in [0, 0.1) is 0 Å². The summed E-state index contributed by atoms with van der Waals surface area (Å²) < 4.78 is 1.27. The summed E-state index contributed by atoms with van der Waals surface area (Å²) in [5.74, 6) is -0.977. The highest BCUT2D eigenvalue weighted by Gasteiger charge is 2.50. The van der Waals surface area contributed by atoms with E-state index in [1.807, 2.05) is 6.07 Å². The molecule has 1 aliphatic heterocycles. The van der Waals surface area contributed by atoms with Crippen LogP contribution in [-0.4, -0.2) is 68.1 Å². The molecule has 9 heteroatoms. The summed E-state index contributed by atoms with van der Waals surface area (Å²) in [6.07, 6.45) is 5.31. The van der Waals surface area contributed by atoms with Gasteiger partial charge in [0.1, 0.15) is 12.2 Å². The third kappa shape index (κ3) is 3.77. The molecular formula is C21H28N6O3. The summed E-state index contributed by atoms with van der Waals surface area (Å²) in [7, 11) is 4.26. The van der Waals surface area contributed by atoms with Crippen molar-refractivity contribution in [3.8, 4) is 0 Å². The smallest absolute Gasteiger partial charge is 0.325 e. The Morgan fingerprint density at radius 2 is 1.90 bits per heavy atom. The molecule has 1 aromatic heterocycles. The molecule has 1 spiro atoms. The number of urea groups is 1. The second-order valence-corrected chi connectivity index (χ2v) is 8.66. The lowest BCUT2D eigenvalue weighted by molar-refractivity contribution is -0.137. The Morgan fingerprint density at radius 3 is 2.53 bits per heavy atom. The molecule has 0 unspecified atom stereocenters. The first-order valence-corrected chi connectivity index (χ1v) is 10.2. The molecule has 2 aromatic rings. The molecule has 0 atom stereocenters. The van der Waals surface area contributed by atoms with E-state index in [-0.39, 0.29) is 23.7 Å². The second kappa shape index (κ2) is 7.71. The molecule has 160 valence electrons. The number of nitrogens with one attached hydrogen (secondary N) is 1. The highest BCUT2D eigenvalue weighted by Crippen LogP contribution is 2.45. The quantitative estimate of drug-likeness (QED) is 0.748. The molecule has 2 N–H and O–H groups in total. The average Bonchev–Trinajstić information content (AvgIpc) is 3.27. The minimum atomic E-state index is -0.977. The largest absolute Gasteiger partial charge is 0.480 e. The lowest BCUT2D eigenvalue weighted by atomic mass is 9.69. The molecule has 9 nitrogen and oxygen atoms in total. The molecule has 1 aliphatic carbocycles. The van der Waals surface area contributed by atoms with E-state index in [0.717, 1.165) is 25.7 Å². The van der Waals surface area contributed by atoms with E-state index in [2.05, 4.69) is 58.9 Å². The molecule has 2 fully saturated rings. The fourth-order valence-corrected chi connectivity index (χ4v) is 4.90. The number of carboxylic acids is 1. The van der Waals surface area contributed by atoms with Crippen LogP contribution in [0.4, 0.5) is 4.79 Å². The molecule has 2 heterocycles. The molecular weight excluding hydrogens is 384 g/mol. The van der Waals surface area contributed by atoms with E-state index in [1.54, 1.807) is 11.1 Å². The number of aliphatic carboxylic acids is 1. The van der Waals surface area contributed by atoms with E-state index >= 15 is 0 Å². The zero-order valence-electron chi connectivity index (χ0n) is 17.4. The number of carbonyl (C=O) groups excluding carboxylic acids is 1. The maximum absolute atomic E-state index is 12.7. The van der Waals surface area contributed by atoms with Crippen molar-refractivity contribution in [3.05, 3.63) is 47.8 Å². The average molecular weight is 412 g/mol. The van der Waals surface area contributed by atoms with Gasteiger partial charge in [-0.2, -0.15) is 0 Å². The molecule has 2 aliphatic rings. The third-order valence-corrected chi connectivity index (χ3v) is 6.59. The predicted molar refractivity (Wildman–Crippen MR) is 110 cm³/mol. The van der Waals surface area contributed by atoms with Gasteiger partial charge in [-0.15, -0.1) is 5.10 Å². The second-order valence-electron chi connectivity index (χ2n) is 8.66. The number of aromatic nitrogens is 3. The molecule has 0 bridgehead atoms. The number of hydrogen-bond acceptors (Lipinski definition) is 5. The molecule has 1 aromatic carbocycles. The van der Waals surface area contributed by atoms with Crippen molar-refractivity contribution in [2.75, 3.05) is 20.6 Å². The van der Waals surface area contributed by atoms with E-state index in [4.69, 9.17) is 5.11 Å². The number of carboxylic acid groups (broad SMARTS) is 1. The summed E-state index contributed by atoms with van der Waals surface area (Å²) in [5.41, 5.74) is 1.65. The van der Waals surface area contributed by atoms with Crippen molar-refractivity contribution >= 4 is 12.0 Å². The summed E-state index contributed by atoms with van der Waals surface area (Å²) >= 11 is 0. The summed E-state index contributed by atoms with van der Waals surface area (Å²) in [4.78, 5) is 27.5. The summed E-state index contributed by atoms with van der Waals surface area (Å²) in [6.45, 7) is 0.704. The fraction of sp³-hybridized carbons (Fsp3) is 0.524. The van der Waals surface area contributed by atoms with Gasteiger partial charge in [0.2, 0.25) is 0 Å². The zero-order chi connectivity index (χ0) is 21.4. The van der Waals surface area contributed by atoms with Gasteiger partial charge in [0, 0.05) is 12.1 Å². The molecule has 4 rings (SSSR count).